The van der Waals surface area contributed by atoms with Gasteiger partial charge in [-0.3, -0.25) is 0 Å². The molecular weight excluding hydrogens is 354 g/mol. The first-order chi connectivity index (χ1) is 14.3. The average Bonchev–Trinajstić information content (AvgIpc) is 2.81. The van der Waals surface area contributed by atoms with Gasteiger partial charge in [-0.05, 0) is 36.0 Å². The van der Waals surface area contributed by atoms with Crippen molar-refractivity contribution in [3.8, 4) is 0 Å². The molecule has 1 aliphatic rings. The summed E-state index contributed by atoms with van der Waals surface area (Å²) in [5.41, 5.74) is 2.02. The van der Waals surface area contributed by atoms with Crippen molar-refractivity contribution < 1.29 is 5.11 Å². The van der Waals surface area contributed by atoms with Crippen LogP contribution >= 0.6 is 0 Å². The molecule has 2 nitrogen and oxygen atoms in total. The van der Waals surface area contributed by atoms with Crippen LogP contribution in [0.2, 0.25) is 0 Å². The van der Waals surface area contributed by atoms with Gasteiger partial charge in [-0.25, -0.2) is 0 Å². The summed E-state index contributed by atoms with van der Waals surface area (Å²) in [6.45, 7) is 0. The molecule has 29 heavy (non-hydrogen) atoms. The van der Waals surface area contributed by atoms with Crippen LogP contribution in [-0.2, 0) is 12.0 Å². The summed E-state index contributed by atoms with van der Waals surface area (Å²) in [6.07, 6.45) is 7.01. The monoisotopic (exact) mass is 385 g/mol. The number of nitrogens with one attached hydrogen (secondary N) is 1. The number of aliphatic hydroxyl groups is 1. The van der Waals surface area contributed by atoms with Crippen LogP contribution in [-0.4, -0.2) is 17.2 Å². The van der Waals surface area contributed by atoms with E-state index in [-0.39, 0.29) is 6.04 Å². The van der Waals surface area contributed by atoms with Gasteiger partial charge < -0.3 is 10.4 Å². The van der Waals surface area contributed by atoms with Crippen LogP contribution in [0.1, 0.15) is 48.8 Å². The SMILES string of the molecule is OC(c1ccccc1)(c1ccccc1)[C@H](Cc1ccccc1)NC1CCCCC1. The number of hydrogen-bond donors (Lipinski definition) is 2. The third kappa shape index (κ3) is 4.60. The summed E-state index contributed by atoms with van der Waals surface area (Å²) in [5, 5.41) is 16.2. The fourth-order valence-electron chi connectivity index (χ4n) is 4.68. The van der Waals surface area contributed by atoms with Gasteiger partial charge in [0.25, 0.3) is 0 Å². The van der Waals surface area contributed by atoms with Gasteiger partial charge in [0.15, 0.2) is 0 Å². The van der Waals surface area contributed by atoms with Gasteiger partial charge in [-0.15, -0.1) is 0 Å². The zero-order valence-electron chi connectivity index (χ0n) is 17.0. The molecule has 0 bridgehead atoms. The Labute approximate surface area is 174 Å². The van der Waals surface area contributed by atoms with Crippen molar-refractivity contribution >= 4 is 0 Å². The molecule has 2 N–H and O–H groups in total. The zero-order valence-corrected chi connectivity index (χ0v) is 17.0. The van der Waals surface area contributed by atoms with Gasteiger partial charge in [-0.2, -0.15) is 0 Å². The smallest absolute Gasteiger partial charge is 0.130 e. The molecule has 3 aromatic carbocycles. The highest BCUT2D eigenvalue weighted by Crippen LogP contribution is 2.35. The molecule has 1 saturated carbocycles. The van der Waals surface area contributed by atoms with Gasteiger partial charge in [0.1, 0.15) is 5.60 Å². The van der Waals surface area contributed by atoms with Crippen molar-refractivity contribution in [2.45, 2.75) is 56.2 Å². The first kappa shape index (κ1) is 19.9. The molecule has 0 aromatic heterocycles. The first-order valence-electron chi connectivity index (χ1n) is 10.9. The van der Waals surface area contributed by atoms with E-state index in [1.165, 1.54) is 37.7 Å². The summed E-state index contributed by atoms with van der Waals surface area (Å²) in [6, 6.07) is 31.2. The van der Waals surface area contributed by atoms with E-state index in [4.69, 9.17) is 0 Å². The lowest BCUT2D eigenvalue weighted by molar-refractivity contribution is 0.0300. The Balaban J connectivity index is 1.76. The van der Waals surface area contributed by atoms with Crippen molar-refractivity contribution in [2.75, 3.05) is 0 Å². The molecule has 0 saturated heterocycles. The second kappa shape index (κ2) is 9.39. The van der Waals surface area contributed by atoms with Gasteiger partial charge >= 0.3 is 0 Å². The molecule has 4 rings (SSSR count). The van der Waals surface area contributed by atoms with Crippen molar-refractivity contribution in [1.29, 1.82) is 0 Å². The molecule has 1 aliphatic carbocycles. The van der Waals surface area contributed by atoms with Gasteiger partial charge in [0, 0.05) is 12.1 Å². The van der Waals surface area contributed by atoms with E-state index in [9.17, 15) is 5.11 Å². The third-order valence-electron chi connectivity index (χ3n) is 6.26. The quantitative estimate of drug-likeness (QED) is 0.566. The van der Waals surface area contributed by atoms with Gasteiger partial charge in [-0.1, -0.05) is 110 Å². The number of benzene rings is 3. The second-order valence-electron chi connectivity index (χ2n) is 8.24. The fraction of sp³-hybridized carbons (Fsp3) is 0.333. The molecule has 0 amide bonds. The topological polar surface area (TPSA) is 32.3 Å². The summed E-state index contributed by atoms with van der Waals surface area (Å²) < 4.78 is 0. The largest absolute Gasteiger partial charge is 0.379 e. The summed E-state index contributed by atoms with van der Waals surface area (Å²) in [4.78, 5) is 0. The van der Waals surface area contributed by atoms with Crippen LogP contribution in [0.4, 0.5) is 0 Å². The van der Waals surface area contributed by atoms with Crippen LogP contribution in [0.5, 0.6) is 0 Å². The lowest BCUT2D eigenvalue weighted by Gasteiger charge is -2.41. The van der Waals surface area contributed by atoms with Crippen molar-refractivity contribution in [3.05, 3.63) is 108 Å². The van der Waals surface area contributed by atoms with Crippen molar-refractivity contribution in [3.63, 3.8) is 0 Å². The highest BCUT2D eigenvalue weighted by molar-refractivity contribution is 5.39. The molecule has 0 unspecified atom stereocenters. The van der Waals surface area contributed by atoms with Crippen molar-refractivity contribution in [2.24, 2.45) is 0 Å². The molecule has 0 heterocycles. The molecule has 150 valence electrons. The Morgan fingerprint density at radius 3 is 1.72 bits per heavy atom. The van der Waals surface area contributed by atoms with Crippen molar-refractivity contribution in [1.82, 2.24) is 5.32 Å². The Morgan fingerprint density at radius 1 is 0.724 bits per heavy atom. The number of hydrogen-bond acceptors (Lipinski definition) is 2. The maximum absolute atomic E-state index is 12.3. The minimum atomic E-state index is -1.10. The van der Waals surface area contributed by atoms with Crippen LogP contribution in [0, 0.1) is 0 Å². The van der Waals surface area contributed by atoms with Crippen LogP contribution in [0.15, 0.2) is 91.0 Å². The highest BCUT2D eigenvalue weighted by Gasteiger charge is 2.41. The average molecular weight is 386 g/mol. The Hall–Kier alpha value is -2.42. The Kier molecular flexibility index (Phi) is 6.43. The van der Waals surface area contributed by atoms with E-state index in [1.807, 2.05) is 66.7 Å². The zero-order chi connectivity index (χ0) is 19.9. The molecular formula is C27H31NO. The van der Waals surface area contributed by atoms with E-state index in [2.05, 4.69) is 29.6 Å². The lowest BCUT2D eigenvalue weighted by atomic mass is 9.77. The van der Waals surface area contributed by atoms with E-state index in [1.54, 1.807) is 0 Å². The highest BCUT2D eigenvalue weighted by atomic mass is 16.3. The predicted octanol–water partition coefficient (Wildman–Crippen LogP) is 5.46. The molecule has 3 aromatic rings. The molecule has 1 fully saturated rings. The fourth-order valence-corrected chi connectivity index (χ4v) is 4.68. The van der Waals surface area contributed by atoms with Gasteiger partial charge in [0.05, 0.1) is 0 Å². The summed E-state index contributed by atoms with van der Waals surface area (Å²) >= 11 is 0. The maximum Gasteiger partial charge on any atom is 0.130 e. The minimum absolute atomic E-state index is 0.113. The normalized spacial score (nSPS) is 16.4. The Bertz CT molecular complexity index is 817. The molecule has 2 heteroatoms. The minimum Gasteiger partial charge on any atom is -0.379 e. The van der Waals surface area contributed by atoms with E-state index < -0.39 is 5.60 Å². The summed E-state index contributed by atoms with van der Waals surface area (Å²) in [5.74, 6) is 0. The van der Waals surface area contributed by atoms with Crippen LogP contribution in [0.3, 0.4) is 0 Å². The van der Waals surface area contributed by atoms with Gasteiger partial charge in [0.2, 0.25) is 0 Å². The van der Waals surface area contributed by atoms with E-state index >= 15 is 0 Å². The molecule has 0 radical (unpaired) electrons. The standard InChI is InChI=1S/C27H31NO/c29-27(23-15-7-2-8-16-23,24-17-9-3-10-18-24)26(21-22-13-5-1-6-14-22)28-25-19-11-4-12-20-25/h1-3,5-10,13-18,25-26,28-29H,4,11-12,19-21H2/t26-/m0/s1. The Morgan fingerprint density at radius 2 is 1.21 bits per heavy atom. The maximum atomic E-state index is 12.3. The third-order valence-corrected chi connectivity index (χ3v) is 6.26. The molecule has 0 spiro atoms. The lowest BCUT2D eigenvalue weighted by Crippen LogP contribution is -2.54. The second-order valence-corrected chi connectivity index (χ2v) is 8.24. The molecule has 1 atom stereocenters. The van der Waals surface area contributed by atoms with E-state index in [0.717, 1.165) is 17.5 Å². The molecule has 0 aliphatic heterocycles. The van der Waals surface area contributed by atoms with Crippen LogP contribution < -0.4 is 5.32 Å². The summed E-state index contributed by atoms with van der Waals surface area (Å²) in [7, 11) is 0. The van der Waals surface area contributed by atoms with E-state index in [0.29, 0.717) is 6.04 Å². The van der Waals surface area contributed by atoms with Crippen LogP contribution in [0.25, 0.3) is 0 Å². The predicted molar refractivity (Wildman–Crippen MR) is 120 cm³/mol. The number of rotatable bonds is 7. The first-order valence-corrected chi connectivity index (χ1v) is 10.9.